The molecule has 0 aliphatic carbocycles. The van der Waals surface area contributed by atoms with Crippen LogP contribution in [-0.4, -0.2) is 33.9 Å². The topological polar surface area (TPSA) is 72.1 Å². The monoisotopic (exact) mass is 298 g/mol. The zero-order chi connectivity index (χ0) is 15.4. The van der Waals surface area contributed by atoms with E-state index in [1.54, 1.807) is 12.4 Å². The van der Waals surface area contributed by atoms with Gasteiger partial charge in [0.1, 0.15) is 0 Å². The van der Waals surface area contributed by atoms with Gasteiger partial charge in [0.25, 0.3) is 0 Å². The number of hydrogen-bond acceptors (Lipinski definition) is 4. The van der Waals surface area contributed by atoms with Gasteiger partial charge in [-0.3, -0.25) is 19.7 Å². The fraction of sp³-hybridized carbons (Fsp3) is 0.471. The van der Waals surface area contributed by atoms with Crippen molar-refractivity contribution in [2.24, 2.45) is 11.7 Å². The number of nitrogens with zero attached hydrogens (tertiary/aromatic N) is 3. The number of fused-ring (bicyclic) bond motifs is 1. The van der Waals surface area contributed by atoms with Crippen molar-refractivity contribution in [3.8, 4) is 0 Å². The van der Waals surface area contributed by atoms with Gasteiger partial charge < -0.3 is 5.73 Å². The molecular formula is C17H22N4O. The first-order chi connectivity index (χ1) is 10.7. The number of carbonyl (C=O) groups is 1. The third-order valence-electron chi connectivity index (χ3n) is 4.38. The lowest BCUT2D eigenvalue weighted by atomic mass is 9.93. The summed E-state index contributed by atoms with van der Waals surface area (Å²) in [5.74, 6) is 0.378. The molecule has 0 spiro atoms. The minimum absolute atomic E-state index is 0.193. The highest BCUT2D eigenvalue weighted by Crippen LogP contribution is 2.24. The van der Waals surface area contributed by atoms with Crippen molar-refractivity contribution in [3.63, 3.8) is 0 Å². The van der Waals surface area contributed by atoms with Gasteiger partial charge in [0.2, 0.25) is 5.91 Å². The summed E-state index contributed by atoms with van der Waals surface area (Å²) in [6, 6.07) is 6.17. The van der Waals surface area contributed by atoms with Gasteiger partial charge in [-0.25, -0.2) is 0 Å². The van der Waals surface area contributed by atoms with Crippen LogP contribution in [0.15, 0.2) is 30.6 Å². The van der Waals surface area contributed by atoms with Gasteiger partial charge in [0, 0.05) is 31.9 Å². The van der Waals surface area contributed by atoms with Crippen LogP contribution in [0.1, 0.15) is 31.2 Å². The molecule has 3 rings (SSSR count). The minimum Gasteiger partial charge on any atom is -0.370 e. The maximum Gasteiger partial charge on any atom is 0.217 e. The molecule has 5 nitrogen and oxygen atoms in total. The van der Waals surface area contributed by atoms with Crippen LogP contribution in [0, 0.1) is 5.92 Å². The Labute approximate surface area is 130 Å². The first-order valence-corrected chi connectivity index (χ1v) is 7.91. The van der Waals surface area contributed by atoms with E-state index in [1.807, 2.05) is 12.1 Å². The molecule has 1 saturated heterocycles. The molecule has 1 aromatic heterocycles. The summed E-state index contributed by atoms with van der Waals surface area (Å²) in [6.07, 6.45) is 7.25. The van der Waals surface area contributed by atoms with Gasteiger partial charge in [-0.15, -0.1) is 0 Å². The summed E-state index contributed by atoms with van der Waals surface area (Å²) in [6.45, 7) is 3.02. The van der Waals surface area contributed by atoms with Crippen molar-refractivity contribution in [1.29, 1.82) is 0 Å². The van der Waals surface area contributed by atoms with Gasteiger partial charge in [0.15, 0.2) is 0 Å². The highest BCUT2D eigenvalue weighted by atomic mass is 16.1. The Bertz CT molecular complexity index is 653. The van der Waals surface area contributed by atoms with Crippen LogP contribution in [-0.2, 0) is 11.3 Å². The van der Waals surface area contributed by atoms with Crippen LogP contribution >= 0.6 is 0 Å². The normalized spacial score (nSPS) is 19.4. The smallest absolute Gasteiger partial charge is 0.217 e. The average Bonchev–Trinajstić information content (AvgIpc) is 2.54. The number of hydrogen-bond donors (Lipinski definition) is 1. The van der Waals surface area contributed by atoms with Crippen LogP contribution in [0.4, 0.5) is 0 Å². The summed E-state index contributed by atoms with van der Waals surface area (Å²) in [4.78, 5) is 22.3. The van der Waals surface area contributed by atoms with E-state index in [-0.39, 0.29) is 5.91 Å². The van der Waals surface area contributed by atoms with Crippen molar-refractivity contribution < 1.29 is 4.79 Å². The predicted octanol–water partition coefficient (Wildman–Crippen LogP) is 2.11. The van der Waals surface area contributed by atoms with E-state index in [0.717, 1.165) is 37.1 Å². The Hall–Kier alpha value is -2.01. The minimum atomic E-state index is -0.193. The molecule has 0 radical (unpaired) electrons. The molecule has 1 fully saturated rings. The average molecular weight is 298 g/mol. The van der Waals surface area contributed by atoms with Gasteiger partial charge >= 0.3 is 0 Å². The number of aromatic nitrogens is 2. The first kappa shape index (κ1) is 14.9. The maximum absolute atomic E-state index is 11.0. The number of carbonyl (C=O) groups excluding carboxylic acids is 1. The van der Waals surface area contributed by atoms with Crippen LogP contribution in [0.25, 0.3) is 11.0 Å². The maximum atomic E-state index is 11.0. The van der Waals surface area contributed by atoms with Crippen molar-refractivity contribution in [1.82, 2.24) is 14.9 Å². The lowest BCUT2D eigenvalue weighted by Gasteiger charge is -2.32. The molecule has 2 N–H and O–H groups in total. The van der Waals surface area contributed by atoms with E-state index in [9.17, 15) is 4.79 Å². The third-order valence-corrected chi connectivity index (χ3v) is 4.38. The predicted molar refractivity (Wildman–Crippen MR) is 86.0 cm³/mol. The van der Waals surface area contributed by atoms with Crippen LogP contribution in [0.5, 0.6) is 0 Å². The molecule has 1 aliphatic heterocycles. The second kappa shape index (κ2) is 6.83. The molecule has 2 aromatic rings. The van der Waals surface area contributed by atoms with E-state index in [2.05, 4.69) is 20.9 Å². The van der Waals surface area contributed by atoms with Gasteiger partial charge in [0.05, 0.1) is 11.0 Å². The third kappa shape index (κ3) is 3.60. The number of primary amides is 1. The Morgan fingerprint density at radius 1 is 1.32 bits per heavy atom. The first-order valence-electron chi connectivity index (χ1n) is 7.91. The van der Waals surface area contributed by atoms with Gasteiger partial charge in [-0.1, -0.05) is 12.1 Å². The van der Waals surface area contributed by atoms with E-state index in [1.165, 1.54) is 18.4 Å². The van der Waals surface area contributed by atoms with Gasteiger partial charge in [-0.2, -0.15) is 0 Å². The number of likely N-dealkylation sites (tertiary alicyclic amines) is 1. The number of rotatable bonds is 5. The van der Waals surface area contributed by atoms with E-state index in [0.29, 0.717) is 12.3 Å². The molecule has 1 aliphatic rings. The zero-order valence-electron chi connectivity index (χ0n) is 12.7. The highest BCUT2D eigenvalue weighted by molar-refractivity contribution is 5.77. The number of benzene rings is 1. The highest BCUT2D eigenvalue weighted by Gasteiger charge is 2.21. The van der Waals surface area contributed by atoms with E-state index in [4.69, 9.17) is 5.73 Å². The van der Waals surface area contributed by atoms with Crippen molar-refractivity contribution in [3.05, 3.63) is 36.2 Å². The van der Waals surface area contributed by atoms with E-state index >= 15 is 0 Å². The largest absolute Gasteiger partial charge is 0.370 e. The number of piperidine rings is 1. The Balaban J connectivity index is 1.68. The van der Waals surface area contributed by atoms with Crippen LogP contribution in [0.3, 0.4) is 0 Å². The Morgan fingerprint density at radius 3 is 3.05 bits per heavy atom. The molecule has 5 heteroatoms. The number of para-hydroxylation sites is 1. The van der Waals surface area contributed by atoms with Crippen molar-refractivity contribution in [2.75, 3.05) is 13.1 Å². The molecule has 116 valence electrons. The molecule has 22 heavy (non-hydrogen) atoms. The van der Waals surface area contributed by atoms with Crippen molar-refractivity contribution >= 4 is 16.9 Å². The quantitative estimate of drug-likeness (QED) is 0.917. The standard InChI is InChI=1S/C17H22N4O/c18-16(22)7-6-13-3-2-10-21(11-13)12-14-4-1-5-15-17(14)20-9-8-19-15/h1,4-5,8-9,13H,2-3,6-7,10-12H2,(H2,18,22)/t13-/m0/s1. The molecular weight excluding hydrogens is 276 g/mol. The zero-order valence-corrected chi connectivity index (χ0v) is 12.7. The van der Waals surface area contributed by atoms with Gasteiger partial charge in [-0.05, 0) is 43.4 Å². The molecule has 0 bridgehead atoms. The second-order valence-electron chi connectivity index (χ2n) is 6.09. The summed E-state index contributed by atoms with van der Waals surface area (Å²) in [5.41, 5.74) is 8.42. The molecule has 2 heterocycles. The molecule has 0 unspecified atom stereocenters. The summed E-state index contributed by atoms with van der Waals surface area (Å²) in [5, 5.41) is 0. The fourth-order valence-electron chi connectivity index (χ4n) is 3.30. The molecule has 0 saturated carbocycles. The van der Waals surface area contributed by atoms with Crippen LogP contribution < -0.4 is 5.73 Å². The Morgan fingerprint density at radius 2 is 2.18 bits per heavy atom. The molecule has 1 atom stereocenters. The number of nitrogens with two attached hydrogens (primary N) is 1. The molecule has 1 amide bonds. The van der Waals surface area contributed by atoms with E-state index < -0.39 is 0 Å². The SMILES string of the molecule is NC(=O)CC[C@@H]1CCCN(Cc2cccc3nccnc23)C1. The lowest BCUT2D eigenvalue weighted by Crippen LogP contribution is -2.35. The second-order valence-corrected chi connectivity index (χ2v) is 6.09. The summed E-state index contributed by atoms with van der Waals surface area (Å²) in [7, 11) is 0. The fourth-order valence-corrected chi connectivity index (χ4v) is 3.30. The van der Waals surface area contributed by atoms with Crippen molar-refractivity contribution in [2.45, 2.75) is 32.2 Å². The van der Waals surface area contributed by atoms with Crippen LogP contribution in [0.2, 0.25) is 0 Å². The molecule has 1 aromatic carbocycles. The lowest BCUT2D eigenvalue weighted by molar-refractivity contribution is -0.118. The summed E-state index contributed by atoms with van der Waals surface area (Å²) < 4.78 is 0. The number of amides is 1. The summed E-state index contributed by atoms with van der Waals surface area (Å²) >= 11 is 0. The Kier molecular flexibility index (Phi) is 4.63.